The van der Waals surface area contributed by atoms with Crippen LogP contribution in [0, 0.1) is 11.6 Å². The summed E-state index contributed by atoms with van der Waals surface area (Å²) in [5.74, 6) is -1.90. The van der Waals surface area contributed by atoms with Crippen molar-refractivity contribution in [3.05, 3.63) is 83.8 Å². The Labute approximate surface area is 175 Å². The minimum absolute atomic E-state index is 0.0595. The average molecular weight is 423 g/mol. The van der Waals surface area contributed by atoms with Gasteiger partial charge in [0.2, 0.25) is 5.91 Å². The number of furan rings is 1. The van der Waals surface area contributed by atoms with Crippen LogP contribution < -0.4 is 10.6 Å². The lowest BCUT2D eigenvalue weighted by atomic mass is 10.2. The van der Waals surface area contributed by atoms with Crippen molar-refractivity contribution >= 4 is 29.6 Å². The lowest BCUT2D eigenvalue weighted by Gasteiger charge is -2.12. The molecule has 0 spiro atoms. The highest BCUT2D eigenvalue weighted by Gasteiger charge is 2.35. The minimum atomic E-state index is -0.795. The molecule has 2 heterocycles. The molecule has 1 saturated heterocycles. The maximum Gasteiger partial charge on any atom is 0.329 e. The predicted molar refractivity (Wildman–Crippen MR) is 107 cm³/mol. The number of hydrogen-bond donors (Lipinski definition) is 2. The average Bonchev–Trinajstić information content (AvgIpc) is 3.30. The molecule has 4 amide bonds. The van der Waals surface area contributed by atoms with E-state index in [0.29, 0.717) is 16.2 Å². The largest absolute Gasteiger partial charge is 0.457 e. The number of nitrogens with one attached hydrogen (secondary N) is 2. The van der Waals surface area contributed by atoms with Crippen molar-refractivity contribution in [2.45, 2.75) is 0 Å². The predicted octanol–water partition coefficient (Wildman–Crippen LogP) is 3.76. The first kappa shape index (κ1) is 20.0. The van der Waals surface area contributed by atoms with Gasteiger partial charge in [-0.05, 0) is 36.4 Å². The number of para-hydroxylation sites is 1. The highest BCUT2D eigenvalue weighted by atomic mass is 19.1. The Morgan fingerprint density at radius 1 is 1.06 bits per heavy atom. The molecule has 0 saturated carbocycles. The van der Waals surface area contributed by atoms with E-state index in [1.54, 1.807) is 18.2 Å². The van der Waals surface area contributed by atoms with Gasteiger partial charge in [0, 0.05) is 11.6 Å². The summed E-state index contributed by atoms with van der Waals surface area (Å²) in [6.07, 6.45) is 1.30. The molecule has 0 aliphatic carbocycles. The number of urea groups is 1. The van der Waals surface area contributed by atoms with Gasteiger partial charge in [0.15, 0.2) is 0 Å². The number of carbonyl (C=O) groups is 3. The van der Waals surface area contributed by atoms with Crippen LogP contribution in [0.2, 0.25) is 0 Å². The van der Waals surface area contributed by atoms with E-state index in [2.05, 4.69) is 10.6 Å². The summed E-state index contributed by atoms with van der Waals surface area (Å²) in [6.45, 7) is -0.594. The number of imide groups is 1. The Morgan fingerprint density at radius 3 is 2.65 bits per heavy atom. The molecule has 156 valence electrons. The zero-order chi connectivity index (χ0) is 22.0. The van der Waals surface area contributed by atoms with Gasteiger partial charge in [0.25, 0.3) is 5.91 Å². The SMILES string of the molecule is O=C(CN1C(=O)N/C(=C\c2ccc(-c3cccc(F)c3)o2)C1=O)Nc1ccccc1F. The van der Waals surface area contributed by atoms with Gasteiger partial charge >= 0.3 is 6.03 Å². The molecular formula is C22H15F2N3O4. The van der Waals surface area contributed by atoms with Crippen LogP contribution in [0.25, 0.3) is 17.4 Å². The van der Waals surface area contributed by atoms with E-state index in [4.69, 9.17) is 4.42 Å². The molecule has 1 aromatic heterocycles. The van der Waals surface area contributed by atoms with Crippen LogP contribution in [-0.2, 0) is 9.59 Å². The van der Waals surface area contributed by atoms with Crippen molar-refractivity contribution in [3.8, 4) is 11.3 Å². The molecule has 0 bridgehead atoms. The number of anilines is 1. The first-order valence-corrected chi connectivity index (χ1v) is 9.15. The van der Waals surface area contributed by atoms with E-state index < -0.39 is 36.0 Å². The van der Waals surface area contributed by atoms with Crippen molar-refractivity contribution in [2.75, 3.05) is 11.9 Å². The fourth-order valence-electron chi connectivity index (χ4n) is 2.98. The van der Waals surface area contributed by atoms with Crippen molar-refractivity contribution in [2.24, 2.45) is 0 Å². The van der Waals surface area contributed by atoms with E-state index in [1.807, 2.05) is 0 Å². The van der Waals surface area contributed by atoms with Crippen LogP contribution in [0.3, 0.4) is 0 Å². The fourth-order valence-corrected chi connectivity index (χ4v) is 2.98. The molecule has 2 N–H and O–H groups in total. The first-order chi connectivity index (χ1) is 14.9. The van der Waals surface area contributed by atoms with Gasteiger partial charge in [-0.25, -0.2) is 18.5 Å². The van der Waals surface area contributed by atoms with Gasteiger partial charge in [0.05, 0.1) is 5.69 Å². The highest BCUT2D eigenvalue weighted by molar-refractivity contribution is 6.15. The first-order valence-electron chi connectivity index (χ1n) is 9.15. The summed E-state index contributed by atoms with van der Waals surface area (Å²) in [5, 5.41) is 4.68. The molecule has 4 rings (SSSR count). The molecule has 2 aromatic carbocycles. The third-order valence-electron chi connectivity index (χ3n) is 4.43. The normalized spacial score (nSPS) is 14.8. The molecule has 0 radical (unpaired) electrons. The third-order valence-corrected chi connectivity index (χ3v) is 4.43. The maximum atomic E-state index is 13.7. The Morgan fingerprint density at radius 2 is 1.87 bits per heavy atom. The van der Waals surface area contributed by atoms with Crippen LogP contribution in [-0.4, -0.2) is 29.3 Å². The third kappa shape index (κ3) is 4.35. The Kier molecular flexibility index (Phi) is 5.31. The number of amides is 4. The molecule has 1 aliphatic heterocycles. The zero-order valence-electron chi connectivity index (χ0n) is 15.9. The summed E-state index contributed by atoms with van der Waals surface area (Å²) in [5.41, 5.74) is 0.359. The molecule has 7 nitrogen and oxygen atoms in total. The summed E-state index contributed by atoms with van der Waals surface area (Å²) in [7, 11) is 0. The zero-order valence-corrected chi connectivity index (χ0v) is 15.9. The number of halogens is 2. The van der Waals surface area contributed by atoms with E-state index in [1.165, 1.54) is 48.5 Å². The Hall–Kier alpha value is -4.27. The van der Waals surface area contributed by atoms with E-state index in [9.17, 15) is 23.2 Å². The second-order valence-corrected chi connectivity index (χ2v) is 6.62. The lowest BCUT2D eigenvalue weighted by molar-refractivity contribution is -0.127. The molecule has 3 aromatic rings. The summed E-state index contributed by atoms with van der Waals surface area (Å²) < 4.78 is 32.6. The van der Waals surface area contributed by atoms with E-state index >= 15 is 0 Å². The van der Waals surface area contributed by atoms with Gasteiger partial charge in [-0.15, -0.1) is 0 Å². The van der Waals surface area contributed by atoms with E-state index in [0.717, 1.165) is 0 Å². The summed E-state index contributed by atoms with van der Waals surface area (Å²) >= 11 is 0. The Balaban J connectivity index is 1.46. The number of nitrogens with zero attached hydrogens (tertiary/aromatic N) is 1. The van der Waals surface area contributed by atoms with E-state index in [-0.39, 0.29) is 17.1 Å². The number of rotatable bonds is 5. The van der Waals surface area contributed by atoms with Crippen LogP contribution in [0.15, 0.2) is 70.8 Å². The van der Waals surface area contributed by atoms with Gasteiger partial charge in [0.1, 0.15) is 35.4 Å². The number of carbonyl (C=O) groups excluding carboxylic acids is 3. The van der Waals surface area contributed by atoms with Gasteiger partial charge in [-0.1, -0.05) is 24.3 Å². The minimum Gasteiger partial charge on any atom is -0.457 e. The van der Waals surface area contributed by atoms with Crippen molar-refractivity contribution in [1.82, 2.24) is 10.2 Å². The van der Waals surface area contributed by atoms with Crippen LogP contribution in [0.5, 0.6) is 0 Å². The Bertz CT molecular complexity index is 1220. The molecule has 0 unspecified atom stereocenters. The van der Waals surface area contributed by atoms with Gasteiger partial charge in [-0.2, -0.15) is 0 Å². The van der Waals surface area contributed by atoms with Crippen molar-refractivity contribution in [1.29, 1.82) is 0 Å². The van der Waals surface area contributed by atoms with Crippen LogP contribution in [0.1, 0.15) is 5.76 Å². The second kappa shape index (κ2) is 8.23. The molecule has 9 heteroatoms. The topological polar surface area (TPSA) is 91.7 Å². The smallest absolute Gasteiger partial charge is 0.329 e. The lowest BCUT2D eigenvalue weighted by Crippen LogP contribution is -2.38. The van der Waals surface area contributed by atoms with Gasteiger partial charge in [-0.3, -0.25) is 9.59 Å². The molecule has 0 atom stereocenters. The van der Waals surface area contributed by atoms with Crippen LogP contribution >= 0.6 is 0 Å². The molecular weight excluding hydrogens is 408 g/mol. The molecule has 1 aliphatic rings. The van der Waals surface area contributed by atoms with Crippen molar-refractivity contribution in [3.63, 3.8) is 0 Å². The second-order valence-electron chi connectivity index (χ2n) is 6.62. The highest BCUT2D eigenvalue weighted by Crippen LogP contribution is 2.24. The summed E-state index contributed by atoms with van der Waals surface area (Å²) in [6, 6.07) is 13.7. The molecule has 1 fully saturated rings. The number of hydrogen-bond acceptors (Lipinski definition) is 4. The fraction of sp³-hybridized carbons (Fsp3) is 0.0455. The standard InChI is InChI=1S/C22H15F2N3O4/c23-14-5-3-4-13(10-14)19-9-8-15(31-19)11-18-21(29)27(22(30)26-18)12-20(28)25-17-7-2-1-6-16(17)24/h1-11H,12H2,(H,25,28)(H,26,30)/b18-11-. The number of benzene rings is 2. The van der Waals surface area contributed by atoms with Crippen molar-refractivity contribution < 1.29 is 27.6 Å². The summed E-state index contributed by atoms with van der Waals surface area (Å²) in [4.78, 5) is 37.5. The quantitative estimate of drug-likeness (QED) is 0.483. The van der Waals surface area contributed by atoms with Crippen LogP contribution in [0.4, 0.5) is 19.3 Å². The molecule has 31 heavy (non-hydrogen) atoms. The maximum absolute atomic E-state index is 13.7. The van der Waals surface area contributed by atoms with Gasteiger partial charge < -0.3 is 15.1 Å². The monoisotopic (exact) mass is 423 g/mol.